The second kappa shape index (κ2) is 3.61. The molecule has 0 bridgehead atoms. The topological polar surface area (TPSA) is 41.1 Å². The Morgan fingerprint density at radius 2 is 2.00 bits per heavy atom. The van der Waals surface area contributed by atoms with Gasteiger partial charge in [0.15, 0.2) is 0 Å². The molecule has 0 radical (unpaired) electrons. The van der Waals surface area contributed by atoms with E-state index in [0.29, 0.717) is 13.1 Å². The number of halogens is 3. The highest BCUT2D eigenvalue weighted by Gasteiger charge is 2.64. The van der Waals surface area contributed by atoms with Crippen molar-refractivity contribution >= 4 is 5.91 Å². The highest BCUT2D eigenvalue weighted by Crippen LogP contribution is 2.49. The summed E-state index contributed by atoms with van der Waals surface area (Å²) in [6.45, 7) is 3.04. The van der Waals surface area contributed by atoms with Gasteiger partial charge in [-0.1, -0.05) is 6.92 Å². The predicted octanol–water partition coefficient (Wildman–Crippen LogP) is 1.05. The molecule has 2 rings (SSSR count). The zero-order chi connectivity index (χ0) is 12.0. The molecule has 2 fully saturated rings. The SMILES string of the molecule is C[C@@H]1CNC[C@H]1C(=O)NC1(C(F)(F)F)CC1. The zero-order valence-corrected chi connectivity index (χ0v) is 9.03. The Hall–Kier alpha value is -0.780. The van der Waals surface area contributed by atoms with Crippen LogP contribution in [0, 0.1) is 11.8 Å². The Labute approximate surface area is 91.8 Å². The van der Waals surface area contributed by atoms with E-state index in [4.69, 9.17) is 0 Å². The molecule has 6 heteroatoms. The molecule has 2 atom stereocenters. The highest BCUT2D eigenvalue weighted by atomic mass is 19.4. The molecule has 0 aromatic rings. The number of amides is 1. The minimum atomic E-state index is -4.32. The molecule has 0 spiro atoms. The predicted molar refractivity (Wildman–Crippen MR) is 51.7 cm³/mol. The van der Waals surface area contributed by atoms with Crippen molar-refractivity contribution in [1.29, 1.82) is 0 Å². The van der Waals surface area contributed by atoms with Crippen molar-refractivity contribution in [3.63, 3.8) is 0 Å². The van der Waals surface area contributed by atoms with Crippen molar-refractivity contribution in [1.82, 2.24) is 10.6 Å². The first kappa shape index (κ1) is 11.7. The molecule has 0 unspecified atom stereocenters. The maximum Gasteiger partial charge on any atom is 0.411 e. The standard InChI is InChI=1S/C10H15F3N2O/c1-6-4-14-5-7(6)8(16)15-9(2-3-9)10(11,12)13/h6-7,14H,2-5H2,1H3,(H,15,16)/t6-,7-/m1/s1. The Kier molecular flexibility index (Phi) is 2.64. The molecule has 3 nitrogen and oxygen atoms in total. The van der Waals surface area contributed by atoms with Gasteiger partial charge in [0.25, 0.3) is 0 Å². The maximum absolute atomic E-state index is 12.6. The Bertz CT molecular complexity index is 299. The first-order valence-electron chi connectivity index (χ1n) is 5.45. The van der Waals surface area contributed by atoms with E-state index in [1.54, 1.807) is 0 Å². The molecule has 92 valence electrons. The van der Waals surface area contributed by atoms with Crippen LogP contribution >= 0.6 is 0 Å². The Morgan fingerprint density at radius 1 is 1.38 bits per heavy atom. The minimum absolute atomic E-state index is 0.0107. The summed E-state index contributed by atoms with van der Waals surface area (Å²) in [6, 6.07) is 0. The van der Waals surface area contributed by atoms with Crippen LogP contribution in [0.2, 0.25) is 0 Å². The quantitative estimate of drug-likeness (QED) is 0.752. The molecule has 1 heterocycles. The van der Waals surface area contributed by atoms with E-state index in [9.17, 15) is 18.0 Å². The van der Waals surface area contributed by atoms with E-state index in [1.807, 2.05) is 6.92 Å². The fourth-order valence-electron chi connectivity index (χ4n) is 2.09. The highest BCUT2D eigenvalue weighted by molar-refractivity contribution is 5.81. The van der Waals surface area contributed by atoms with E-state index in [-0.39, 0.29) is 24.7 Å². The summed E-state index contributed by atoms with van der Waals surface area (Å²) in [7, 11) is 0. The van der Waals surface area contributed by atoms with E-state index in [2.05, 4.69) is 10.6 Å². The lowest BCUT2D eigenvalue weighted by atomic mass is 9.97. The molecule has 2 N–H and O–H groups in total. The fraction of sp³-hybridized carbons (Fsp3) is 0.900. The lowest BCUT2D eigenvalue weighted by molar-refractivity contribution is -0.171. The molecule has 1 saturated carbocycles. The van der Waals surface area contributed by atoms with Gasteiger partial charge in [-0.3, -0.25) is 4.79 Å². The van der Waals surface area contributed by atoms with Crippen LogP contribution in [0.1, 0.15) is 19.8 Å². The molecule has 2 aliphatic rings. The minimum Gasteiger partial charge on any atom is -0.342 e. The lowest BCUT2D eigenvalue weighted by Crippen LogP contribution is -2.50. The number of hydrogen-bond acceptors (Lipinski definition) is 2. The smallest absolute Gasteiger partial charge is 0.342 e. The van der Waals surface area contributed by atoms with Gasteiger partial charge >= 0.3 is 6.18 Å². The normalized spacial score (nSPS) is 32.5. The molecule has 1 aliphatic heterocycles. The summed E-state index contributed by atoms with van der Waals surface area (Å²) in [5.41, 5.74) is -1.92. The molecule has 1 saturated heterocycles. The molecule has 1 amide bonds. The number of carbonyl (C=O) groups is 1. The number of hydrogen-bond donors (Lipinski definition) is 2. The van der Waals surface area contributed by atoms with E-state index >= 15 is 0 Å². The van der Waals surface area contributed by atoms with Crippen LogP contribution in [0.5, 0.6) is 0 Å². The third-order valence-corrected chi connectivity index (χ3v) is 3.51. The summed E-state index contributed by atoms with van der Waals surface area (Å²) >= 11 is 0. The van der Waals surface area contributed by atoms with E-state index in [0.717, 1.165) is 0 Å². The van der Waals surface area contributed by atoms with E-state index < -0.39 is 17.6 Å². The van der Waals surface area contributed by atoms with Crippen LogP contribution in [-0.2, 0) is 4.79 Å². The Balaban J connectivity index is 1.98. The first-order valence-corrected chi connectivity index (χ1v) is 5.45. The summed E-state index contributed by atoms with van der Waals surface area (Å²) in [5, 5.41) is 5.18. The van der Waals surface area contributed by atoms with Crippen LogP contribution in [0.25, 0.3) is 0 Å². The average Bonchev–Trinajstić information content (AvgIpc) is 2.81. The second-order valence-corrected chi connectivity index (χ2v) is 4.81. The summed E-state index contributed by atoms with van der Waals surface area (Å²) in [6.07, 6.45) is -4.30. The first-order chi connectivity index (χ1) is 7.36. The number of nitrogens with one attached hydrogen (secondary N) is 2. The number of alkyl halides is 3. The van der Waals surface area contributed by atoms with Gasteiger partial charge in [-0.25, -0.2) is 0 Å². The summed E-state index contributed by atoms with van der Waals surface area (Å²) in [5.74, 6) is -0.698. The van der Waals surface area contributed by atoms with Crippen LogP contribution < -0.4 is 10.6 Å². The molecule has 0 aromatic carbocycles. The van der Waals surface area contributed by atoms with Gasteiger partial charge in [-0.15, -0.1) is 0 Å². The van der Waals surface area contributed by atoms with Gasteiger partial charge in [-0.2, -0.15) is 13.2 Å². The summed E-state index contributed by atoms with van der Waals surface area (Å²) in [4.78, 5) is 11.7. The van der Waals surface area contributed by atoms with Crippen molar-refractivity contribution in [3.05, 3.63) is 0 Å². The fourth-order valence-corrected chi connectivity index (χ4v) is 2.09. The second-order valence-electron chi connectivity index (χ2n) is 4.81. The van der Waals surface area contributed by atoms with Gasteiger partial charge in [0.05, 0.1) is 5.92 Å². The Morgan fingerprint density at radius 3 is 2.38 bits per heavy atom. The van der Waals surface area contributed by atoms with Crippen LogP contribution in [0.15, 0.2) is 0 Å². The van der Waals surface area contributed by atoms with E-state index in [1.165, 1.54) is 0 Å². The largest absolute Gasteiger partial charge is 0.411 e. The zero-order valence-electron chi connectivity index (χ0n) is 9.03. The third kappa shape index (κ3) is 1.90. The van der Waals surface area contributed by atoms with Gasteiger partial charge in [0.1, 0.15) is 5.54 Å². The van der Waals surface area contributed by atoms with Crippen molar-refractivity contribution in [2.24, 2.45) is 11.8 Å². The van der Waals surface area contributed by atoms with Crippen molar-refractivity contribution in [3.8, 4) is 0 Å². The third-order valence-electron chi connectivity index (χ3n) is 3.51. The van der Waals surface area contributed by atoms with Crippen molar-refractivity contribution in [2.45, 2.75) is 31.5 Å². The summed E-state index contributed by atoms with van der Waals surface area (Å²) < 4.78 is 37.8. The van der Waals surface area contributed by atoms with Crippen molar-refractivity contribution < 1.29 is 18.0 Å². The lowest BCUT2D eigenvalue weighted by Gasteiger charge is -2.23. The number of carbonyl (C=O) groups excluding carboxylic acids is 1. The van der Waals surface area contributed by atoms with Gasteiger partial charge < -0.3 is 10.6 Å². The maximum atomic E-state index is 12.6. The number of rotatable bonds is 2. The average molecular weight is 236 g/mol. The molecule has 16 heavy (non-hydrogen) atoms. The van der Waals surface area contributed by atoms with Crippen molar-refractivity contribution in [2.75, 3.05) is 13.1 Å². The molecule has 1 aliphatic carbocycles. The van der Waals surface area contributed by atoms with Gasteiger partial charge in [0.2, 0.25) is 5.91 Å². The van der Waals surface area contributed by atoms with Crippen LogP contribution in [0.3, 0.4) is 0 Å². The molecular formula is C10H15F3N2O. The van der Waals surface area contributed by atoms with Gasteiger partial charge in [0, 0.05) is 6.54 Å². The van der Waals surface area contributed by atoms with Gasteiger partial charge in [-0.05, 0) is 25.3 Å². The molecular weight excluding hydrogens is 221 g/mol. The van der Waals surface area contributed by atoms with Crippen LogP contribution in [-0.4, -0.2) is 30.7 Å². The molecule has 0 aromatic heterocycles. The monoisotopic (exact) mass is 236 g/mol. The van der Waals surface area contributed by atoms with Crippen LogP contribution in [0.4, 0.5) is 13.2 Å².